The van der Waals surface area contributed by atoms with Gasteiger partial charge >= 0.3 is 0 Å². The van der Waals surface area contributed by atoms with Gasteiger partial charge in [-0.2, -0.15) is 0 Å². The third kappa shape index (κ3) is 3.06. The lowest BCUT2D eigenvalue weighted by Gasteiger charge is -2.14. The number of carbonyl (C=O) groups is 2. The molecule has 106 valence electrons. The highest BCUT2D eigenvalue weighted by Crippen LogP contribution is 2.34. The van der Waals surface area contributed by atoms with Crippen molar-refractivity contribution < 1.29 is 14.7 Å². The van der Waals surface area contributed by atoms with Crippen LogP contribution in [0.15, 0.2) is 32.9 Å². The smallest absolute Gasteiger partial charge is 0.277 e. The van der Waals surface area contributed by atoms with Crippen LogP contribution >= 0.6 is 43.5 Å². The van der Waals surface area contributed by atoms with Crippen LogP contribution in [0.25, 0.3) is 0 Å². The summed E-state index contributed by atoms with van der Waals surface area (Å²) in [6.45, 7) is -0.288. The van der Waals surface area contributed by atoms with E-state index >= 15 is 0 Å². The largest absolute Gasteiger partial charge is 0.395 e. The molecule has 0 aromatic heterocycles. The number of hydrogen-bond donors (Lipinski definition) is 2. The second kappa shape index (κ2) is 6.26. The number of imide groups is 1. The minimum absolute atomic E-state index is 0.0205. The molecule has 2 rings (SSSR count). The Kier molecular flexibility index (Phi) is 4.85. The number of nitrogens with one attached hydrogen (secondary N) is 1. The number of aliphatic hydroxyl groups excluding tert-OH is 1. The van der Waals surface area contributed by atoms with Crippen molar-refractivity contribution in [2.75, 3.05) is 18.5 Å². The number of aliphatic hydroxyl groups is 1. The van der Waals surface area contributed by atoms with Crippen LogP contribution in [0.2, 0.25) is 5.02 Å². The maximum Gasteiger partial charge on any atom is 0.277 e. The first kappa shape index (κ1) is 15.5. The third-order valence-corrected chi connectivity index (χ3v) is 4.71. The van der Waals surface area contributed by atoms with E-state index in [1.807, 2.05) is 0 Å². The number of benzene rings is 1. The van der Waals surface area contributed by atoms with E-state index in [1.165, 1.54) is 6.08 Å². The van der Waals surface area contributed by atoms with Crippen LogP contribution in [0.3, 0.4) is 0 Å². The number of carbonyl (C=O) groups excluding carboxylic acids is 2. The minimum Gasteiger partial charge on any atom is -0.395 e. The fraction of sp³-hybridized carbons (Fsp3) is 0.167. The molecule has 0 bridgehead atoms. The highest BCUT2D eigenvalue weighted by molar-refractivity contribution is 9.11. The fourth-order valence-electron chi connectivity index (χ4n) is 1.69. The van der Waals surface area contributed by atoms with Crippen molar-refractivity contribution in [3.63, 3.8) is 0 Å². The van der Waals surface area contributed by atoms with E-state index in [0.29, 0.717) is 19.7 Å². The minimum atomic E-state index is -0.466. The van der Waals surface area contributed by atoms with Gasteiger partial charge in [-0.15, -0.1) is 0 Å². The monoisotopic (exact) mass is 422 g/mol. The van der Waals surface area contributed by atoms with Crippen molar-refractivity contribution in [3.8, 4) is 0 Å². The van der Waals surface area contributed by atoms with Gasteiger partial charge in [-0.25, -0.2) is 0 Å². The summed E-state index contributed by atoms with van der Waals surface area (Å²) in [6.07, 6.45) is 1.20. The van der Waals surface area contributed by atoms with Gasteiger partial charge in [0.25, 0.3) is 11.8 Å². The number of amides is 2. The molecule has 1 aromatic rings. The van der Waals surface area contributed by atoms with Gasteiger partial charge in [-0.3, -0.25) is 14.5 Å². The molecule has 1 aliphatic rings. The Hall–Kier alpha value is -0.890. The lowest BCUT2D eigenvalue weighted by atomic mass is 10.3. The summed E-state index contributed by atoms with van der Waals surface area (Å²) in [5.41, 5.74) is 0.760. The number of rotatable bonds is 4. The van der Waals surface area contributed by atoms with E-state index in [2.05, 4.69) is 37.2 Å². The van der Waals surface area contributed by atoms with Crippen molar-refractivity contribution in [3.05, 3.63) is 37.9 Å². The fourth-order valence-corrected chi connectivity index (χ4v) is 2.99. The molecule has 0 aliphatic carbocycles. The second-order valence-corrected chi connectivity index (χ2v) is 6.04. The van der Waals surface area contributed by atoms with Crippen LogP contribution in [-0.4, -0.2) is 35.0 Å². The second-order valence-electron chi connectivity index (χ2n) is 3.96. The summed E-state index contributed by atoms with van der Waals surface area (Å²) in [5, 5.41) is 12.2. The molecule has 2 amide bonds. The Bertz CT molecular complexity index is 596. The Balaban J connectivity index is 2.21. The van der Waals surface area contributed by atoms with Crippen LogP contribution in [0.1, 0.15) is 0 Å². The van der Waals surface area contributed by atoms with Crippen molar-refractivity contribution in [2.45, 2.75) is 0 Å². The van der Waals surface area contributed by atoms with Gasteiger partial charge < -0.3 is 10.4 Å². The number of hydrogen-bond acceptors (Lipinski definition) is 4. The Morgan fingerprint density at radius 2 is 1.85 bits per heavy atom. The molecule has 0 fully saturated rings. The molecule has 0 radical (unpaired) electrons. The molecule has 2 N–H and O–H groups in total. The maximum absolute atomic E-state index is 12.0. The van der Waals surface area contributed by atoms with Crippen molar-refractivity contribution in [2.24, 2.45) is 0 Å². The van der Waals surface area contributed by atoms with E-state index in [4.69, 9.17) is 16.7 Å². The summed E-state index contributed by atoms with van der Waals surface area (Å²) in [4.78, 5) is 24.5. The van der Waals surface area contributed by atoms with Crippen molar-refractivity contribution in [1.82, 2.24) is 4.90 Å². The zero-order chi connectivity index (χ0) is 14.9. The van der Waals surface area contributed by atoms with Gasteiger partial charge in [0.05, 0.1) is 18.2 Å². The van der Waals surface area contributed by atoms with Crippen molar-refractivity contribution >= 4 is 61.0 Å². The van der Waals surface area contributed by atoms with Gasteiger partial charge in [0.15, 0.2) is 0 Å². The van der Waals surface area contributed by atoms with Gasteiger partial charge in [-0.05, 0) is 44.0 Å². The molecule has 0 saturated heterocycles. The van der Waals surface area contributed by atoms with E-state index in [1.54, 1.807) is 12.1 Å². The summed E-state index contributed by atoms with van der Waals surface area (Å²) >= 11 is 12.6. The molecular formula is C12H9Br2ClN2O3. The lowest BCUT2D eigenvalue weighted by Crippen LogP contribution is -2.34. The van der Waals surface area contributed by atoms with Crippen LogP contribution in [0.5, 0.6) is 0 Å². The predicted octanol–water partition coefficient (Wildman–Crippen LogP) is 2.52. The highest BCUT2D eigenvalue weighted by atomic mass is 79.9. The van der Waals surface area contributed by atoms with Crippen LogP contribution in [-0.2, 0) is 9.59 Å². The predicted molar refractivity (Wildman–Crippen MR) is 82.4 cm³/mol. The summed E-state index contributed by atoms with van der Waals surface area (Å²) in [6, 6.07) is 3.39. The summed E-state index contributed by atoms with van der Waals surface area (Å²) in [5.74, 6) is -0.912. The van der Waals surface area contributed by atoms with Gasteiger partial charge in [-0.1, -0.05) is 11.6 Å². The van der Waals surface area contributed by atoms with E-state index in [9.17, 15) is 9.59 Å². The van der Waals surface area contributed by atoms with E-state index in [-0.39, 0.29) is 18.8 Å². The molecule has 20 heavy (non-hydrogen) atoms. The van der Waals surface area contributed by atoms with Gasteiger partial charge in [0, 0.05) is 20.7 Å². The van der Waals surface area contributed by atoms with Crippen LogP contribution in [0, 0.1) is 0 Å². The number of halogens is 3. The topological polar surface area (TPSA) is 69.6 Å². The quantitative estimate of drug-likeness (QED) is 0.576. The molecule has 0 atom stereocenters. The maximum atomic E-state index is 12.0. The Labute approximate surface area is 136 Å². The zero-order valence-electron chi connectivity index (χ0n) is 9.99. The standard InChI is InChI=1S/C12H9Br2ClN2O3/c13-7-3-6(4-8(14)11(7)15)16-9-5-10(19)17(1-2-18)12(9)20/h3-5,16,18H,1-2H2. The Morgan fingerprint density at radius 1 is 1.25 bits per heavy atom. The first-order valence-electron chi connectivity index (χ1n) is 5.54. The van der Waals surface area contributed by atoms with Gasteiger partial charge in [0.1, 0.15) is 5.70 Å². The number of β-amino-alcohol motifs (C(OH)–C–C–N with tert-alkyl or cyclic N) is 1. The number of anilines is 1. The molecule has 1 aliphatic heterocycles. The zero-order valence-corrected chi connectivity index (χ0v) is 13.9. The highest BCUT2D eigenvalue weighted by Gasteiger charge is 2.30. The average molecular weight is 424 g/mol. The molecular weight excluding hydrogens is 415 g/mol. The van der Waals surface area contributed by atoms with Gasteiger partial charge in [0.2, 0.25) is 0 Å². The normalized spacial score (nSPS) is 14.8. The SMILES string of the molecule is O=C1C=C(Nc2cc(Br)c(Cl)c(Br)c2)C(=O)N1CCO. The average Bonchev–Trinajstić information content (AvgIpc) is 2.64. The van der Waals surface area contributed by atoms with E-state index in [0.717, 1.165) is 4.90 Å². The lowest BCUT2D eigenvalue weighted by molar-refractivity contribution is -0.137. The van der Waals surface area contributed by atoms with E-state index < -0.39 is 11.8 Å². The van der Waals surface area contributed by atoms with Crippen LogP contribution in [0.4, 0.5) is 5.69 Å². The molecule has 1 aromatic carbocycles. The first-order chi connectivity index (χ1) is 9.43. The molecule has 5 nitrogen and oxygen atoms in total. The molecule has 0 saturated carbocycles. The van der Waals surface area contributed by atoms with Crippen molar-refractivity contribution in [1.29, 1.82) is 0 Å². The molecule has 1 heterocycles. The number of nitrogens with zero attached hydrogens (tertiary/aromatic N) is 1. The molecule has 0 unspecified atom stereocenters. The summed E-state index contributed by atoms with van der Waals surface area (Å²) in [7, 11) is 0. The summed E-state index contributed by atoms with van der Waals surface area (Å²) < 4.78 is 1.31. The Morgan fingerprint density at radius 3 is 2.40 bits per heavy atom. The third-order valence-electron chi connectivity index (χ3n) is 2.60. The van der Waals surface area contributed by atoms with Crippen LogP contribution < -0.4 is 5.32 Å². The first-order valence-corrected chi connectivity index (χ1v) is 7.50. The molecule has 0 spiro atoms. The molecule has 8 heteroatoms.